The third-order valence-electron chi connectivity index (χ3n) is 5.14. The molecule has 1 aromatic carbocycles. The predicted molar refractivity (Wildman–Crippen MR) is 107 cm³/mol. The standard InChI is InChI=1S/C21H31N3O4/c1-21(2,3)28-20(26)23-14-10-8-13(9-11-14)12-15(22)18(25)19-24-16-6-4-5-7-17(16)27-19/h4-7,13-15,18,25H,8-12,22H2,1-3H3,(H,23,26)/t13-,14-,15-,18?/m0/s1. The summed E-state index contributed by atoms with van der Waals surface area (Å²) in [7, 11) is 0. The van der Waals surface area contributed by atoms with Gasteiger partial charge in [0, 0.05) is 12.1 Å². The smallest absolute Gasteiger partial charge is 0.407 e. The quantitative estimate of drug-likeness (QED) is 0.720. The van der Waals surface area contributed by atoms with Crippen LogP contribution in [0, 0.1) is 5.92 Å². The van der Waals surface area contributed by atoms with E-state index in [-0.39, 0.29) is 18.0 Å². The van der Waals surface area contributed by atoms with Crippen molar-refractivity contribution in [2.75, 3.05) is 0 Å². The highest BCUT2D eigenvalue weighted by Crippen LogP contribution is 2.31. The zero-order chi connectivity index (χ0) is 20.3. The van der Waals surface area contributed by atoms with E-state index in [2.05, 4.69) is 10.3 Å². The highest BCUT2D eigenvalue weighted by atomic mass is 16.6. The molecule has 1 aliphatic rings. The minimum absolute atomic E-state index is 0.129. The molecule has 4 N–H and O–H groups in total. The lowest BCUT2D eigenvalue weighted by Gasteiger charge is -2.31. The maximum Gasteiger partial charge on any atom is 0.407 e. The molecule has 1 aromatic heterocycles. The number of nitrogens with one attached hydrogen (secondary N) is 1. The molecular weight excluding hydrogens is 358 g/mol. The number of aliphatic hydroxyl groups is 1. The number of hydrogen-bond donors (Lipinski definition) is 3. The van der Waals surface area contributed by atoms with Crippen molar-refractivity contribution in [3.63, 3.8) is 0 Å². The Morgan fingerprint density at radius 3 is 2.64 bits per heavy atom. The second kappa shape index (κ2) is 8.49. The average Bonchev–Trinajstić information content (AvgIpc) is 3.05. The summed E-state index contributed by atoms with van der Waals surface area (Å²) in [5, 5.41) is 13.5. The van der Waals surface area contributed by atoms with Gasteiger partial charge in [0.05, 0.1) is 0 Å². The van der Waals surface area contributed by atoms with E-state index in [9.17, 15) is 9.90 Å². The first-order chi connectivity index (χ1) is 13.2. The maximum atomic E-state index is 11.9. The molecule has 7 nitrogen and oxygen atoms in total. The number of rotatable bonds is 5. The lowest BCUT2D eigenvalue weighted by Crippen LogP contribution is -2.41. The summed E-state index contributed by atoms with van der Waals surface area (Å²) < 4.78 is 11.0. The molecule has 7 heteroatoms. The van der Waals surface area contributed by atoms with Gasteiger partial charge in [-0.05, 0) is 70.9 Å². The lowest BCUT2D eigenvalue weighted by atomic mass is 9.81. The normalized spacial score (nSPS) is 22.6. The van der Waals surface area contributed by atoms with Crippen LogP contribution in [0.25, 0.3) is 11.1 Å². The zero-order valence-electron chi connectivity index (χ0n) is 16.9. The van der Waals surface area contributed by atoms with E-state index >= 15 is 0 Å². The topological polar surface area (TPSA) is 111 Å². The van der Waals surface area contributed by atoms with E-state index in [0.717, 1.165) is 31.2 Å². The Bertz CT molecular complexity index is 757. The number of ether oxygens (including phenoxy) is 1. The Kier molecular flexibility index (Phi) is 6.25. The zero-order valence-corrected chi connectivity index (χ0v) is 16.9. The molecule has 1 fully saturated rings. The van der Waals surface area contributed by atoms with Gasteiger partial charge in [-0.2, -0.15) is 0 Å². The monoisotopic (exact) mass is 389 g/mol. The number of amides is 1. The van der Waals surface area contributed by atoms with Crippen LogP contribution in [0.15, 0.2) is 28.7 Å². The minimum atomic E-state index is -0.926. The summed E-state index contributed by atoms with van der Waals surface area (Å²) in [6, 6.07) is 7.11. The van der Waals surface area contributed by atoms with Crippen molar-refractivity contribution in [1.82, 2.24) is 10.3 Å². The molecule has 0 spiro atoms. The third-order valence-corrected chi connectivity index (χ3v) is 5.14. The van der Waals surface area contributed by atoms with Gasteiger partial charge in [-0.25, -0.2) is 9.78 Å². The van der Waals surface area contributed by atoms with Crippen molar-refractivity contribution >= 4 is 17.2 Å². The third kappa shape index (κ3) is 5.45. The van der Waals surface area contributed by atoms with Crippen molar-refractivity contribution in [3.05, 3.63) is 30.2 Å². The maximum absolute atomic E-state index is 11.9. The van der Waals surface area contributed by atoms with Crippen LogP contribution in [0.4, 0.5) is 4.79 Å². The number of carbonyl (C=O) groups is 1. The summed E-state index contributed by atoms with van der Waals surface area (Å²) in [5.74, 6) is 0.680. The summed E-state index contributed by atoms with van der Waals surface area (Å²) in [4.78, 5) is 16.2. The number of carbonyl (C=O) groups excluding carboxylic acids is 1. The van der Waals surface area contributed by atoms with E-state index in [1.54, 1.807) is 0 Å². The Balaban J connectivity index is 1.46. The number of aliphatic hydroxyl groups excluding tert-OH is 1. The van der Waals surface area contributed by atoms with Crippen LogP contribution in [-0.4, -0.2) is 33.9 Å². The van der Waals surface area contributed by atoms with Crippen LogP contribution in [-0.2, 0) is 4.74 Å². The molecule has 1 saturated carbocycles. The number of alkyl carbamates (subject to hydrolysis) is 1. The second-order valence-electron chi connectivity index (χ2n) is 8.73. The molecular formula is C21H31N3O4. The Hall–Kier alpha value is -2.12. The Labute approximate surface area is 165 Å². The van der Waals surface area contributed by atoms with Crippen molar-refractivity contribution in [1.29, 1.82) is 0 Å². The van der Waals surface area contributed by atoms with Gasteiger partial charge in [0.25, 0.3) is 0 Å². The first-order valence-electron chi connectivity index (χ1n) is 10.00. The highest BCUT2D eigenvalue weighted by Gasteiger charge is 2.29. The van der Waals surface area contributed by atoms with E-state index < -0.39 is 17.7 Å². The fourth-order valence-corrected chi connectivity index (χ4v) is 3.73. The van der Waals surface area contributed by atoms with E-state index in [1.165, 1.54) is 0 Å². The Morgan fingerprint density at radius 2 is 2.00 bits per heavy atom. The van der Waals surface area contributed by atoms with E-state index in [0.29, 0.717) is 17.9 Å². The summed E-state index contributed by atoms with van der Waals surface area (Å²) in [6.07, 6.45) is 3.08. The van der Waals surface area contributed by atoms with Crippen LogP contribution in [0.2, 0.25) is 0 Å². The summed E-state index contributed by atoms with van der Waals surface area (Å²) >= 11 is 0. The fraction of sp³-hybridized carbons (Fsp3) is 0.619. The number of oxazole rings is 1. The molecule has 1 aliphatic carbocycles. The van der Waals surface area contributed by atoms with Crippen molar-refractivity contribution < 1.29 is 19.1 Å². The molecule has 0 aliphatic heterocycles. The van der Waals surface area contributed by atoms with Gasteiger partial charge in [0.1, 0.15) is 17.2 Å². The lowest BCUT2D eigenvalue weighted by molar-refractivity contribution is 0.0483. The van der Waals surface area contributed by atoms with Gasteiger partial charge in [-0.1, -0.05) is 12.1 Å². The van der Waals surface area contributed by atoms with Crippen LogP contribution in [0.1, 0.15) is 64.9 Å². The number of benzene rings is 1. The molecule has 0 bridgehead atoms. The predicted octanol–water partition coefficient (Wildman–Crippen LogP) is 3.66. The molecule has 1 amide bonds. The first-order valence-corrected chi connectivity index (χ1v) is 10.00. The van der Waals surface area contributed by atoms with Crippen molar-refractivity contribution in [2.45, 2.75) is 76.7 Å². The number of fused-ring (bicyclic) bond motifs is 1. The molecule has 2 aromatic rings. The van der Waals surface area contributed by atoms with E-state index in [1.807, 2.05) is 45.0 Å². The second-order valence-corrected chi connectivity index (χ2v) is 8.73. The number of nitrogens with zero attached hydrogens (tertiary/aromatic N) is 1. The van der Waals surface area contributed by atoms with Gasteiger partial charge in [0.15, 0.2) is 5.58 Å². The van der Waals surface area contributed by atoms with Gasteiger partial charge < -0.3 is 25.3 Å². The van der Waals surface area contributed by atoms with Gasteiger partial charge in [-0.3, -0.25) is 0 Å². The summed E-state index contributed by atoms with van der Waals surface area (Å²) in [6.45, 7) is 5.56. The SMILES string of the molecule is CC(C)(C)OC(=O)N[C@H]1CC[C@H](C[C@H](N)C(O)c2nc3ccccc3o2)CC1. The van der Waals surface area contributed by atoms with E-state index in [4.69, 9.17) is 14.9 Å². The highest BCUT2D eigenvalue weighted by molar-refractivity contribution is 5.72. The number of hydrogen-bond acceptors (Lipinski definition) is 6. The first kappa shape index (κ1) is 20.6. The van der Waals surface area contributed by atoms with Crippen LogP contribution >= 0.6 is 0 Å². The molecule has 0 saturated heterocycles. The molecule has 28 heavy (non-hydrogen) atoms. The minimum Gasteiger partial charge on any atom is -0.444 e. The number of aromatic nitrogens is 1. The van der Waals surface area contributed by atoms with Crippen molar-refractivity contribution in [2.24, 2.45) is 11.7 Å². The molecule has 3 rings (SSSR count). The van der Waals surface area contributed by atoms with Crippen LogP contribution < -0.4 is 11.1 Å². The molecule has 2 atom stereocenters. The fourth-order valence-electron chi connectivity index (χ4n) is 3.73. The van der Waals surface area contributed by atoms with Crippen molar-refractivity contribution in [3.8, 4) is 0 Å². The van der Waals surface area contributed by atoms with Gasteiger partial charge in [0.2, 0.25) is 5.89 Å². The van der Waals surface area contributed by atoms with Gasteiger partial charge >= 0.3 is 6.09 Å². The molecule has 154 valence electrons. The largest absolute Gasteiger partial charge is 0.444 e. The molecule has 1 unspecified atom stereocenters. The summed E-state index contributed by atoms with van der Waals surface area (Å²) in [5.41, 5.74) is 7.13. The molecule has 1 heterocycles. The molecule has 0 radical (unpaired) electrons. The Morgan fingerprint density at radius 1 is 1.32 bits per heavy atom. The number of para-hydroxylation sites is 2. The van der Waals surface area contributed by atoms with Crippen LogP contribution in [0.3, 0.4) is 0 Å². The van der Waals surface area contributed by atoms with Crippen LogP contribution in [0.5, 0.6) is 0 Å². The van der Waals surface area contributed by atoms with Gasteiger partial charge in [-0.15, -0.1) is 0 Å². The average molecular weight is 389 g/mol. The number of nitrogens with two attached hydrogens (primary N) is 1.